The number of ether oxygens (including phenoxy) is 1. The summed E-state index contributed by atoms with van der Waals surface area (Å²) in [5.41, 5.74) is 3.00. The predicted octanol–water partition coefficient (Wildman–Crippen LogP) is 6.60. The van der Waals surface area contributed by atoms with Gasteiger partial charge in [0, 0.05) is 15.4 Å². The molecule has 2 aromatic heterocycles. The average Bonchev–Trinajstić information content (AvgIpc) is 3.33. The van der Waals surface area contributed by atoms with Crippen LogP contribution in [0.15, 0.2) is 73.4 Å². The number of halogens is 2. The molecule has 4 rings (SSSR count). The molecular formula is C21H19BrClN5O2S. The van der Waals surface area contributed by atoms with E-state index < -0.39 is 0 Å². The Balaban J connectivity index is 0.00000272. The second-order valence-corrected chi connectivity index (χ2v) is 8.13. The zero-order chi connectivity index (χ0) is 21.1. The van der Waals surface area contributed by atoms with Crippen molar-refractivity contribution >= 4 is 51.0 Å². The van der Waals surface area contributed by atoms with Crippen LogP contribution in [0.1, 0.15) is 12.6 Å². The van der Waals surface area contributed by atoms with Crippen molar-refractivity contribution in [1.82, 2.24) is 14.8 Å². The van der Waals surface area contributed by atoms with Crippen LogP contribution in [0.2, 0.25) is 0 Å². The molecule has 0 bridgehead atoms. The summed E-state index contributed by atoms with van der Waals surface area (Å²) >= 11 is 4.81. The standard InChI is InChI=1S/C21H18BrN5O2S.ClH/c1-3-29-17-10-8-16(9-11-17)24-25-19-13(2)26-27(20(19)28)21-23-18(12-30-21)14-4-6-15(22)7-5-14;/h4-12,26H,3H2,1-2H3;1H. The fourth-order valence-electron chi connectivity index (χ4n) is 2.79. The Labute approximate surface area is 197 Å². The number of rotatable bonds is 6. The number of thiazole rings is 1. The van der Waals surface area contributed by atoms with Crippen molar-refractivity contribution in [3.63, 3.8) is 0 Å². The molecule has 0 saturated carbocycles. The van der Waals surface area contributed by atoms with E-state index in [9.17, 15) is 4.79 Å². The summed E-state index contributed by atoms with van der Waals surface area (Å²) < 4.78 is 7.81. The molecule has 0 unspecified atom stereocenters. The molecule has 0 atom stereocenters. The minimum atomic E-state index is -0.293. The molecule has 0 fully saturated rings. The lowest BCUT2D eigenvalue weighted by molar-refractivity contribution is 0.340. The maximum atomic E-state index is 12.9. The molecule has 0 aliphatic carbocycles. The summed E-state index contributed by atoms with van der Waals surface area (Å²) in [6, 6.07) is 15.1. The van der Waals surface area contributed by atoms with E-state index in [0.717, 1.165) is 21.5 Å². The molecule has 2 heterocycles. The lowest BCUT2D eigenvalue weighted by Gasteiger charge is -2.01. The van der Waals surface area contributed by atoms with E-state index in [-0.39, 0.29) is 23.7 Å². The first-order chi connectivity index (χ1) is 14.5. The Morgan fingerprint density at radius 3 is 2.52 bits per heavy atom. The first-order valence-corrected chi connectivity index (χ1v) is 10.9. The first kappa shape index (κ1) is 22.9. The van der Waals surface area contributed by atoms with Crippen LogP contribution in [-0.2, 0) is 0 Å². The fourth-order valence-corrected chi connectivity index (χ4v) is 3.85. The minimum absolute atomic E-state index is 0. The maximum absolute atomic E-state index is 12.9. The third-order valence-corrected chi connectivity index (χ3v) is 5.63. The molecule has 2 aromatic carbocycles. The van der Waals surface area contributed by atoms with Gasteiger partial charge in [-0.2, -0.15) is 9.80 Å². The van der Waals surface area contributed by atoms with Crippen LogP contribution in [0.5, 0.6) is 5.75 Å². The molecule has 31 heavy (non-hydrogen) atoms. The number of nitrogens with zero attached hydrogens (tertiary/aromatic N) is 4. The molecule has 1 N–H and O–H groups in total. The Hall–Kier alpha value is -2.75. The van der Waals surface area contributed by atoms with Gasteiger partial charge in [-0.25, -0.2) is 4.98 Å². The highest BCUT2D eigenvalue weighted by Gasteiger charge is 2.15. The number of aromatic amines is 1. The number of azo groups is 1. The van der Waals surface area contributed by atoms with Crippen molar-refractivity contribution in [2.24, 2.45) is 10.2 Å². The third-order valence-electron chi connectivity index (χ3n) is 4.28. The number of H-pyrrole nitrogens is 1. The second-order valence-electron chi connectivity index (χ2n) is 6.38. The van der Waals surface area contributed by atoms with Gasteiger partial charge in [-0.3, -0.25) is 9.89 Å². The van der Waals surface area contributed by atoms with E-state index in [0.29, 0.717) is 23.1 Å². The highest BCUT2D eigenvalue weighted by atomic mass is 79.9. The van der Waals surface area contributed by atoms with Crippen LogP contribution in [0.25, 0.3) is 16.4 Å². The molecule has 160 valence electrons. The van der Waals surface area contributed by atoms with Crippen LogP contribution in [0.3, 0.4) is 0 Å². The number of benzene rings is 2. The van der Waals surface area contributed by atoms with Crippen molar-refractivity contribution in [3.05, 3.63) is 74.4 Å². The lowest BCUT2D eigenvalue weighted by atomic mass is 10.2. The molecule has 0 aliphatic rings. The van der Waals surface area contributed by atoms with E-state index >= 15 is 0 Å². The highest BCUT2D eigenvalue weighted by molar-refractivity contribution is 9.10. The van der Waals surface area contributed by atoms with Gasteiger partial charge in [0.1, 0.15) is 5.75 Å². The number of hydrogen-bond acceptors (Lipinski definition) is 6. The number of nitrogens with one attached hydrogen (secondary N) is 1. The van der Waals surface area contributed by atoms with Gasteiger partial charge < -0.3 is 4.74 Å². The molecule has 4 aromatic rings. The summed E-state index contributed by atoms with van der Waals surface area (Å²) in [5, 5.41) is 13.8. The summed E-state index contributed by atoms with van der Waals surface area (Å²) in [6.07, 6.45) is 0. The zero-order valence-corrected chi connectivity index (χ0v) is 19.9. The topological polar surface area (TPSA) is 84.6 Å². The predicted molar refractivity (Wildman–Crippen MR) is 129 cm³/mol. The first-order valence-electron chi connectivity index (χ1n) is 9.23. The number of hydrogen-bond donors (Lipinski definition) is 1. The molecular weight excluding hydrogens is 502 g/mol. The van der Waals surface area contributed by atoms with Crippen molar-refractivity contribution in [3.8, 4) is 22.1 Å². The van der Waals surface area contributed by atoms with E-state index in [4.69, 9.17) is 4.74 Å². The molecule has 0 amide bonds. The summed E-state index contributed by atoms with van der Waals surface area (Å²) in [5.74, 6) is 0.766. The van der Waals surface area contributed by atoms with Gasteiger partial charge in [0.15, 0.2) is 5.69 Å². The summed E-state index contributed by atoms with van der Waals surface area (Å²) in [6.45, 7) is 4.31. The minimum Gasteiger partial charge on any atom is -0.494 e. The van der Waals surface area contributed by atoms with E-state index in [1.807, 2.05) is 48.7 Å². The average molecular weight is 521 g/mol. The van der Waals surface area contributed by atoms with Crippen LogP contribution < -0.4 is 10.3 Å². The molecule has 0 aliphatic heterocycles. The van der Waals surface area contributed by atoms with Gasteiger partial charge in [0.25, 0.3) is 0 Å². The third kappa shape index (κ3) is 5.12. The maximum Gasteiger partial charge on any atom is 0.301 e. The van der Waals surface area contributed by atoms with E-state index in [2.05, 4.69) is 36.2 Å². The van der Waals surface area contributed by atoms with Crippen molar-refractivity contribution < 1.29 is 4.74 Å². The van der Waals surface area contributed by atoms with Gasteiger partial charge in [0.2, 0.25) is 5.13 Å². The largest absolute Gasteiger partial charge is 0.494 e. The highest BCUT2D eigenvalue weighted by Crippen LogP contribution is 2.26. The zero-order valence-electron chi connectivity index (χ0n) is 16.7. The molecule has 0 saturated heterocycles. The van der Waals surface area contributed by atoms with Crippen LogP contribution in [0, 0.1) is 6.92 Å². The van der Waals surface area contributed by atoms with E-state index in [1.165, 1.54) is 16.0 Å². The van der Waals surface area contributed by atoms with Gasteiger partial charge in [-0.05, 0) is 50.2 Å². The summed E-state index contributed by atoms with van der Waals surface area (Å²) in [7, 11) is 0. The van der Waals surface area contributed by atoms with Crippen molar-refractivity contribution in [2.45, 2.75) is 13.8 Å². The smallest absolute Gasteiger partial charge is 0.301 e. The number of aromatic nitrogens is 3. The van der Waals surface area contributed by atoms with Crippen molar-refractivity contribution in [2.75, 3.05) is 6.61 Å². The molecule has 10 heteroatoms. The van der Waals surface area contributed by atoms with Gasteiger partial charge in [-0.15, -0.1) is 28.9 Å². The number of aryl methyl sites for hydroxylation is 1. The normalized spacial score (nSPS) is 10.9. The SMILES string of the molecule is CCOc1ccc(N=Nc2c(C)[nH]n(-c3nc(-c4ccc(Br)cc4)cs3)c2=O)cc1.Cl. The second kappa shape index (κ2) is 10.0. The van der Waals surface area contributed by atoms with E-state index in [1.54, 1.807) is 19.1 Å². The van der Waals surface area contributed by atoms with Crippen LogP contribution in [0.4, 0.5) is 11.4 Å². The van der Waals surface area contributed by atoms with Gasteiger partial charge in [-0.1, -0.05) is 28.1 Å². The van der Waals surface area contributed by atoms with Crippen LogP contribution in [-0.4, -0.2) is 21.4 Å². The fraction of sp³-hybridized carbons (Fsp3) is 0.143. The lowest BCUT2D eigenvalue weighted by Crippen LogP contribution is -2.13. The quantitative estimate of drug-likeness (QED) is 0.291. The molecule has 0 spiro atoms. The Kier molecular flexibility index (Phi) is 7.42. The van der Waals surface area contributed by atoms with Crippen LogP contribution >= 0.6 is 39.7 Å². The Morgan fingerprint density at radius 2 is 1.84 bits per heavy atom. The molecule has 0 radical (unpaired) electrons. The van der Waals surface area contributed by atoms with Gasteiger partial charge in [0.05, 0.1) is 23.7 Å². The summed E-state index contributed by atoms with van der Waals surface area (Å²) in [4.78, 5) is 17.4. The Morgan fingerprint density at radius 1 is 1.13 bits per heavy atom. The van der Waals surface area contributed by atoms with Crippen molar-refractivity contribution in [1.29, 1.82) is 0 Å². The Bertz CT molecular complexity index is 1250. The van der Waals surface area contributed by atoms with Gasteiger partial charge >= 0.3 is 5.56 Å². The molecule has 7 nitrogen and oxygen atoms in total. The monoisotopic (exact) mass is 519 g/mol.